The van der Waals surface area contributed by atoms with Crippen LogP contribution in [0.2, 0.25) is 0 Å². The average Bonchev–Trinajstić information content (AvgIpc) is 2.63. The summed E-state index contributed by atoms with van der Waals surface area (Å²) in [5.74, 6) is 2.15. The molecule has 3 aliphatic carbocycles. The molecule has 1 aromatic heterocycles. The van der Waals surface area contributed by atoms with E-state index >= 15 is 0 Å². The van der Waals surface area contributed by atoms with Crippen LogP contribution in [0.5, 0.6) is 0 Å². The van der Waals surface area contributed by atoms with Gasteiger partial charge in [0.25, 0.3) is 0 Å². The Morgan fingerprint density at radius 3 is 2.80 bits per heavy atom. The normalized spacial score (nSPS) is 34.6. The molecular formula is C16H17N3O. The number of benzene rings is 1. The second-order valence-corrected chi connectivity index (χ2v) is 6.85. The third kappa shape index (κ3) is 1.18. The summed E-state index contributed by atoms with van der Waals surface area (Å²) < 4.78 is 0. The Bertz CT molecular complexity index is 730. The highest BCUT2D eigenvalue weighted by molar-refractivity contribution is 6.02. The minimum absolute atomic E-state index is 0.270. The van der Waals surface area contributed by atoms with Crippen molar-refractivity contribution >= 4 is 22.6 Å². The number of nitrogens with one attached hydrogen (secondary N) is 1. The first-order chi connectivity index (χ1) is 9.64. The lowest BCUT2D eigenvalue weighted by molar-refractivity contribution is -0.156. The molecule has 0 spiro atoms. The monoisotopic (exact) mass is 267 g/mol. The van der Waals surface area contributed by atoms with Gasteiger partial charge in [-0.05, 0) is 55.7 Å². The minimum Gasteiger partial charge on any atom is -0.342 e. The van der Waals surface area contributed by atoms with Crippen LogP contribution in [-0.2, 0) is 4.79 Å². The predicted octanol–water partition coefficient (Wildman–Crippen LogP) is 2.78. The fourth-order valence-electron chi connectivity index (χ4n) is 4.46. The van der Waals surface area contributed by atoms with Gasteiger partial charge in [-0.2, -0.15) is 0 Å². The lowest BCUT2D eigenvalue weighted by Gasteiger charge is -2.69. The molecule has 1 N–H and O–H groups in total. The largest absolute Gasteiger partial charge is 0.342 e. The summed E-state index contributed by atoms with van der Waals surface area (Å²) >= 11 is 0. The Kier molecular flexibility index (Phi) is 1.77. The first-order valence-corrected chi connectivity index (χ1v) is 7.43. The van der Waals surface area contributed by atoms with Gasteiger partial charge in [0.2, 0.25) is 5.91 Å². The molecule has 1 amide bonds. The zero-order valence-electron chi connectivity index (χ0n) is 11.5. The van der Waals surface area contributed by atoms with Crippen LogP contribution < -0.4 is 4.90 Å². The molecular weight excluding hydrogens is 250 g/mol. The Balaban J connectivity index is 1.54. The van der Waals surface area contributed by atoms with Crippen molar-refractivity contribution in [1.82, 2.24) is 9.97 Å². The number of anilines is 1. The number of fused-ring (bicyclic) bond motifs is 1. The van der Waals surface area contributed by atoms with E-state index in [0.29, 0.717) is 11.5 Å². The zero-order valence-corrected chi connectivity index (χ0v) is 11.5. The number of carbonyl (C=O) groups excluding carboxylic acids is 1. The van der Waals surface area contributed by atoms with Crippen molar-refractivity contribution < 1.29 is 4.79 Å². The summed E-state index contributed by atoms with van der Waals surface area (Å²) in [6.07, 6.45) is 4.76. The molecule has 0 radical (unpaired) electrons. The number of amides is 1. The van der Waals surface area contributed by atoms with E-state index in [0.717, 1.165) is 34.9 Å². The molecule has 2 aromatic rings. The molecule has 6 rings (SSSR count). The quantitative estimate of drug-likeness (QED) is 0.851. The number of nitrogens with zero attached hydrogens (tertiary/aromatic N) is 2. The lowest BCUT2D eigenvalue weighted by atomic mass is 9.40. The molecule has 102 valence electrons. The summed E-state index contributed by atoms with van der Waals surface area (Å²) in [6, 6.07) is 6.58. The standard InChI is InChI=1S/C16H17N3O/c1-9-17-12-3-2-11(4-13(12)18-9)19-14(5-15(19)20)16-6-10(7-16)8-16/h2-4,10,14H,5-8H2,1H3,(H,17,18)/t10?,14-,16?/m1/s1. The van der Waals surface area contributed by atoms with Gasteiger partial charge in [-0.15, -0.1) is 0 Å². The second kappa shape index (κ2) is 3.25. The van der Waals surface area contributed by atoms with Gasteiger partial charge in [-0.1, -0.05) is 0 Å². The van der Waals surface area contributed by atoms with Crippen molar-refractivity contribution in [2.45, 2.75) is 38.6 Å². The first-order valence-electron chi connectivity index (χ1n) is 7.43. The molecule has 4 fully saturated rings. The molecule has 4 heteroatoms. The maximum atomic E-state index is 12.1. The Morgan fingerprint density at radius 2 is 2.15 bits per heavy atom. The van der Waals surface area contributed by atoms with Gasteiger partial charge in [0, 0.05) is 12.1 Å². The first kappa shape index (κ1) is 10.9. The van der Waals surface area contributed by atoms with E-state index in [1.807, 2.05) is 24.0 Å². The molecule has 20 heavy (non-hydrogen) atoms. The molecule has 1 aromatic carbocycles. The molecule has 3 saturated carbocycles. The molecule has 4 aliphatic rings. The summed E-state index contributed by atoms with van der Waals surface area (Å²) in [5.41, 5.74) is 3.49. The van der Waals surface area contributed by atoms with Crippen LogP contribution >= 0.6 is 0 Å². The van der Waals surface area contributed by atoms with E-state index < -0.39 is 0 Å². The number of hydrogen-bond acceptors (Lipinski definition) is 2. The molecule has 2 bridgehead atoms. The van der Waals surface area contributed by atoms with E-state index in [4.69, 9.17) is 0 Å². The third-order valence-corrected chi connectivity index (χ3v) is 5.60. The van der Waals surface area contributed by atoms with Crippen LogP contribution in [-0.4, -0.2) is 21.9 Å². The van der Waals surface area contributed by atoms with Crippen LogP contribution in [0, 0.1) is 18.3 Å². The number of β-lactam (4-membered cyclic amide) rings is 1. The number of aryl methyl sites for hydroxylation is 1. The third-order valence-electron chi connectivity index (χ3n) is 5.60. The topological polar surface area (TPSA) is 49.0 Å². The number of carbonyl (C=O) groups is 1. The summed E-state index contributed by atoms with van der Waals surface area (Å²) in [6.45, 7) is 1.96. The van der Waals surface area contributed by atoms with Crippen molar-refractivity contribution in [3.63, 3.8) is 0 Å². The lowest BCUT2D eigenvalue weighted by Crippen LogP contribution is -2.70. The Labute approximate surface area is 117 Å². The molecule has 1 atom stereocenters. The van der Waals surface area contributed by atoms with E-state index in [9.17, 15) is 4.79 Å². The van der Waals surface area contributed by atoms with E-state index in [1.165, 1.54) is 19.3 Å². The van der Waals surface area contributed by atoms with Crippen molar-refractivity contribution in [1.29, 1.82) is 0 Å². The van der Waals surface area contributed by atoms with Crippen molar-refractivity contribution in [3.05, 3.63) is 24.0 Å². The van der Waals surface area contributed by atoms with Crippen LogP contribution in [0.1, 0.15) is 31.5 Å². The minimum atomic E-state index is 0.270. The van der Waals surface area contributed by atoms with Gasteiger partial charge >= 0.3 is 0 Å². The van der Waals surface area contributed by atoms with Gasteiger partial charge in [-0.3, -0.25) is 4.79 Å². The average molecular weight is 267 g/mol. The van der Waals surface area contributed by atoms with Gasteiger partial charge in [0.15, 0.2) is 0 Å². The van der Waals surface area contributed by atoms with Crippen LogP contribution in [0.4, 0.5) is 5.69 Å². The van der Waals surface area contributed by atoms with Crippen molar-refractivity contribution in [2.24, 2.45) is 11.3 Å². The smallest absolute Gasteiger partial charge is 0.229 e. The second-order valence-electron chi connectivity index (χ2n) is 6.85. The highest BCUT2D eigenvalue weighted by atomic mass is 16.2. The fourth-order valence-corrected chi connectivity index (χ4v) is 4.46. The fraction of sp³-hybridized carbons (Fsp3) is 0.500. The van der Waals surface area contributed by atoms with E-state index in [-0.39, 0.29) is 5.91 Å². The maximum Gasteiger partial charge on any atom is 0.229 e. The maximum absolute atomic E-state index is 12.1. The SMILES string of the molecule is Cc1nc2cc(N3C(=O)C[C@@H]3C34CC(C3)C4)ccc2[nH]1. The number of imidazole rings is 1. The van der Waals surface area contributed by atoms with Crippen LogP contribution in [0.15, 0.2) is 18.2 Å². The Morgan fingerprint density at radius 1 is 1.35 bits per heavy atom. The Hall–Kier alpha value is -1.84. The van der Waals surface area contributed by atoms with Gasteiger partial charge < -0.3 is 9.88 Å². The van der Waals surface area contributed by atoms with E-state index in [2.05, 4.69) is 16.0 Å². The van der Waals surface area contributed by atoms with Crippen LogP contribution in [0.25, 0.3) is 11.0 Å². The molecule has 1 aliphatic heterocycles. The highest BCUT2D eigenvalue weighted by Gasteiger charge is 2.65. The van der Waals surface area contributed by atoms with Crippen LogP contribution in [0.3, 0.4) is 0 Å². The zero-order chi connectivity index (χ0) is 13.5. The van der Waals surface area contributed by atoms with Gasteiger partial charge in [0.1, 0.15) is 5.82 Å². The van der Waals surface area contributed by atoms with Gasteiger partial charge in [-0.25, -0.2) is 4.98 Å². The molecule has 0 unspecified atom stereocenters. The number of aromatic nitrogens is 2. The molecule has 4 nitrogen and oxygen atoms in total. The summed E-state index contributed by atoms with van der Waals surface area (Å²) in [5, 5.41) is 0. The highest BCUT2D eigenvalue weighted by Crippen LogP contribution is 2.69. The van der Waals surface area contributed by atoms with E-state index in [1.54, 1.807) is 0 Å². The van der Waals surface area contributed by atoms with Crippen molar-refractivity contribution in [2.75, 3.05) is 4.90 Å². The summed E-state index contributed by atoms with van der Waals surface area (Å²) in [7, 11) is 0. The summed E-state index contributed by atoms with van der Waals surface area (Å²) in [4.78, 5) is 21.8. The number of aromatic amines is 1. The van der Waals surface area contributed by atoms with Crippen molar-refractivity contribution in [3.8, 4) is 0 Å². The van der Waals surface area contributed by atoms with Gasteiger partial charge in [0.05, 0.1) is 17.1 Å². The molecule has 2 heterocycles. The number of H-pyrrole nitrogens is 1. The molecule has 1 saturated heterocycles. The number of hydrogen-bond donors (Lipinski definition) is 1. The number of rotatable bonds is 2. The predicted molar refractivity (Wildman–Crippen MR) is 76.5 cm³/mol.